The Morgan fingerprint density at radius 3 is 2.65 bits per heavy atom. The number of ether oxygens (including phenoxy) is 1. The van der Waals surface area contributed by atoms with Crippen LogP contribution in [0.1, 0.15) is 5.56 Å². The number of thioether (sulfide) groups is 1. The smallest absolute Gasteiger partial charge is 0.302 e. The Hall–Kier alpha value is -4.04. The molecule has 34 heavy (non-hydrogen) atoms. The first-order valence-corrected chi connectivity index (χ1v) is 11.6. The van der Waals surface area contributed by atoms with Gasteiger partial charge in [0.25, 0.3) is 0 Å². The van der Waals surface area contributed by atoms with E-state index >= 15 is 0 Å². The van der Waals surface area contributed by atoms with Crippen LogP contribution in [0.2, 0.25) is 0 Å². The second-order valence-corrected chi connectivity index (χ2v) is 8.66. The Labute approximate surface area is 199 Å². The van der Waals surface area contributed by atoms with Crippen LogP contribution < -0.4 is 15.6 Å². The van der Waals surface area contributed by atoms with Crippen LogP contribution in [0.3, 0.4) is 0 Å². The van der Waals surface area contributed by atoms with Crippen LogP contribution in [0.5, 0.6) is 5.75 Å². The van der Waals surface area contributed by atoms with Gasteiger partial charge >= 0.3 is 5.56 Å². The number of furan rings is 1. The highest BCUT2D eigenvalue weighted by molar-refractivity contribution is 7.99. The number of hydrogen-bond acceptors (Lipinski definition) is 6. The molecule has 0 spiro atoms. The molecule has 7 nitrogen and oxygen atoms in total. The highest BCUT2D eigenvalue weighted by Crippen LogP contribution is 2.28. The van der Waals surface area contributed by atoms with Gasteiger partial charge < -0.3 is 14.5 Å². The third-order valence-corrected chi connectivity index (χ3v) is 6.27. The van der Waals surface area contributed by atoms with E-state index in [0.29, 0.717) is 33.4 Å². The lowest BCUT2D eigenvalue weighted by atomic mass is 10.2. The summed E-state index contributed by atoms with van der Waals surface area (Å²) in [6.45, 7) is 1.96. The lowest BCUT2D eigenvalue weighted by Gasteiger charge is -2.12. The predicted octanol–water partition coefficient (Wildman–Crippen LogP) is 5.18. The van der Waals surface area contributed by atoms with Gasteiger partial charge in [-0.2, -0.15) is 0 Å². The van der Waals surface area contributed by atoms with Gasteiger partial charge in [0, 0.05) is 11.1 Å². The van der Waals surface area contributed by atoms with Crippen molar-refractivity contribution >= 4 is 45.4 Å². The Bertz CT molecular complexity index is 1570. The number of nitrogens with zero attached hydrogens (tertiary/aromatic N) is 2. The number of rotatable bonds is 6. The van der Waals surface area contributed by atoms with Crippen molar-refractivity contribution in [3.05, 3.63) is 88.7 Å². The van der Waals surface area contributed by atoms with E-state index in [9.17, 15) is 9.59 Å². The number of methoxy groups -OCH3 is 1. The zero-order valence-corrected chi connectivity index (χ0v) is 19.4. The van der Waals surface area contributed by atoms with Gasteiger partial charge in [-0.15, -0.1) is 0 Å². The third kappa shape index (κ3) is 4.15. The van der Waals surface area contributed by atoms with Gasteiger partial charge in [0.2, 0.25) is 11.5 Å². The van der Waals surface area contributed by atoms with Gasteiger partial charge in [0.15, 0.2) is 5.16 Å². The first-order valence-electron chi connectivity index (χ1n) is 10.6. The van der Waals surface area contributed by atoms with Crippen molar-refractivity contribution in [2.24, 2.45) is 0 Å². The molecule has 8 heteroatoms. The van der Waals surface area contributed by atoms with E-state index in [1.54, 1.807) is 31.4 Å². The van der Waals surface area contributed by atoms with Crippen LogP contribution in [0.4, 0.5) is 5.69 Å². The molecule has 2 heterocycles. The minimum absolute atomic E-state index is 0.0750. The number of carbonyl (C=O) groups excluding carboxylic acids is 1. The van der Waals surface area contributed by atoms with E-state index in [2.05, 4.69) is 5.32 Å². The number of hydrogen-bond donors (Lipinski definition) is 1. The molecule has 0 radical (unpaired) electrons. The highest BCUT2D eigenvalue weighted by Gasteiger charge is 2.19. The molecule has 1 N–H and O–H groups in total. The molecule has 0 aliphatic carbocycles. The van der Waals surface area contributed by atoms with E-state index in [4.69, 9.17) is 14.1 Å². The molecule has 3 aromatic carbocycles. The second-order valence-electron chi connectivity index (χ2n) is 7.72. The molecule has 170 valence electrons. The molecule has 0 aliphatic rings. The van der Waals surface area contributed by atoms with Crippen molar-refractivity contribution in [3.63, 3.8) is 0 Å². The van der Waals surface area contributed by atoms with Crippen LogP contribution in [0.15, 0.2) is 87.2 Å². The Kier molecular flexibility index (Phi) is 5.81. The maximum atomic E-state index is 13.5. The Morgan fingerprint density at radius 1 is 1.09 bits per heavy atom. The molecule has 1 amide bonds. The average molecular weight is 472 g/mol. The molecule has 0 atom stereocenters. The van der Waals surface area contributed by atoms with Gasteiger partial charge in [0.05, 0.1) is 18.6 Å². The molecule has 0 unspecified atom stereocenters. The fourth-order valence-electron chi connectivity index (χ4n) is 3.71. The average Bonchev–Trinajstić information content (AvgIpc) is 3.22. The molecule has 0 saturated carbocycles. The fourth-order valence-corrected chi connectivity index (χ4v) is 4.52. The van der Waals surface area contributed by atoms with Crippen LogP contribution in [0, 0.1) is 6.92 Å². The summed E-state index contributed by atoms with van der Waals surface area (Å²) in [6, 6.07) is 22.1. The van der Waals surface area contributed by atoms with Crippen molar-refractivity contribution in [1.29, 1.82) is 0 Å². The molecule has 0 saturated heterocycles. The normalized spacial score (nSPS) is 11.1. The lowest BCUT2D eigenvalue weighted by molar-refractivity contribution is -0.113. The summed E-state index contributed by atoms with van der Waals surface area (Å²) in [5.41, 5.74) is 3.28. The molecule has 5 aromatic rings. The van der Waals surface area contributed by atoms with E-state index in [0.717, 1.165) is 10.9 Å². The zero-order chi connectivity index (χ0) is 23.7. The number of para-hydroxylation sites is 1. The SMILES string of the molecule is COc1ccc(NC(=O)CSc2nc3c(oc4ccccc43)c(=O)n2-c2cccc(C)c2)cc1. The van der Waals surface area contributed by atoms with Crippen molar-refractivity contribution in [3.8, 4) is 11.4 Å². The van der Waals surface area contributed by atoms with Crippen molar-refractivity contribution < 1.29 is 13.9 Å². The van der Waals surface area contributed by atoms with Crippen molar-refractivity contribution in [2.45, 2.75) is 12.1 Å². The minimum atomic E-state index is -0.315. The molecule has 0 aliphatic heterocycles. The summed E-state index contributed by atoms with van der Waals surface area (Å²) in [5.74, 6) is 0.572. The minimum Gasteiger partial charge on any atom is -0.497 e. The number of fused-ring (bicyclic) bond motifs is 3. The molecular formula is C26H21N3O4S. The summed E-state index contributed by atoms with van der Waals surface area (Å²) >= 11 is 1.20. The van der Waals surface area contributed by atoms with Gasteiger partial charge in [-0.05, 0) is 61.0 Å². The maximum Gasteiger partial charge on any atom is 0.302 e. The zero-order valence-electron chi connectivity index (χ0n) is 18.6. The van der Waals surface area contributed by atoms with Crippen LogP contribution in [-0.4, -0.2) is 28.3 Å². The molecule has 0 fully saturated rings. The largest absolute Gasteiger partial charge is 0.497 e. The fraction of sp³-hybridized carbons (Fsp3) is 0.115. The summed E-state index contributed by atoms with van der Waals surface area (Å²) in [5, 5.41) is 4.04. The number of carbonyl (C=O) groups is 1. The topological polar surface area (TPSA) is 86.4 Å². The first kappa shape index (κ1) is 21.8. The molecule has 5 rings (SSSR count). The van der Waals surface area contributed by atoms with E-state index in [1.165, 1.54) is 16.3 Å². The van der Waals surface area contributed by atoms with E-state index in [1.807, 2.05) is 55.5 Å². The van der Waals surface area contributed by atoms with Gasteiger partial charge in [-0.3, -0.25) is 14.2 Å². The highest BCUT2D eigenvalue weighted by atomic mass is 32.2. The van der Waals surface area contributed by atoms with Gasteiger partial charge in [-0.1, -0.05) is 36.0 Å². The first-order chi connectivity index (χ1) is 16.5. The monoisotopic (exact) mass is 471 g/mol. The van der Waals surface area contributed by atoms with Crippen molar-refractivity contribution in [1.82, 2.24) is 9.55 Å². The maximum absolute atomic E-state index is 13.5. The van der Waals surface area contributed by atoms with Crippen molar-refractivity contribution in [2.75, 3.05) is 18.2 Å². The summed E-state index contributed by atoms with van der Waals surface area (Å²) in [6.07, 6.45) is 0. The molecule has 0 bridgehead atoms. The molecule has 2 aromatic heterocycles. The predicted molar refractivity (Wildman–Crippen MR) is 134 cm³/mol. The standard InChI is InChI=1S/C26H21N3O4S/c1-16-6-5-7-18(14-16)29-25(31)24-23(20-8-3-4-9-21(20)33-24)28-26(29)34-15-22(30)27-17-10-12-19(32-2)13-11-17/h3-14H,15H2,1-2H3,(H,27,30). The van der Waals surface area contributed by atoms with Gasteiger partial charge in [-0.25, -0.2) is 4.98 Å². The quantitative estimate of drug-likeness (QED) is 0.271. The Morgan fingerprint density at radius 2 is 1.88 bits per heavy atom. The number of aryl methyl sites for hydroxylation is 1. The third-order valence-electron chi connectivity index (χ3n) is 5.33. The van der Waals surface area contributed by atoms with Crippen LogP contribution in [0.25, 0.3) is 27.8 Å². The van der Waals surface area contributed by atoms with E-state index in [-0.39, 0.29) is 22.8 Å². The summed E-state index contributed by atoms with van der Waals surface area (Å²) < 4.78 is 12.5. The number of nitrogens with one attached hydrogen (secondary N) is 1. The number of amides is 1. The number of benzene rings is 3. The summed E-state index contributed by atoms with van der Waals surface area (Å²) in [4.78, 5) is 31.0. The van der Waals surface area contributed by atoms with Gasteiger partial charge in [0.1, 0.15) is 16.8 Å². The van der Waals surface area contributed by atoms with E-state index < -0.39 is 0 Å². The number of aromatic nitrogens is 2. The Balaban J connectivity index is 1.52. The van der Waals surface area contributed by atoms with Crippen LogP contribution >= 0.6 is 11.8 Å². The summed E-state index contributed by atoms with van der Waals surface area (Å²) in [7, 11) is 1.59. The second kappa shape index (κ2) is 9.07. The number of anilines is 1. The lowest BCUT2D eigenvalue weighted by Crippen LogP contribution is -2.22. The molecular weight excluding hydrogens is 450 g/mol. The van der Waals surface area contributed by atoms with Crippen LogP contribution in [-0.2, 0) is 4.79 Å².